The van der Waals surface area contributed by atoms with Gasteiger partial charge >= 0.3 is 5.97 Å². The summed E-state index contributed by atoms with van der Waals surface area (Å²) in [5.41, 5.74) is 0. The van der Waals surface area contributed by atoms with Crippen LogP contribution < -0.4 is 5.32 Å². The first-order chi connectivity index (χ1) is 9.69. The van der Waals surface area contributed by atoms with Crippen molar-refractivity contribution in [2.75, 3.05) is 13.7 Å². The second-order valence-corrected chi connectivity index (χ2v) is 5.86. The van der Waals surface area contributed by atoms with E-state index in [9.17, 15) is 4.79 Å². The Balaban J connectivity index is 1.65. The van der Waals surface area contributed by atoms with Crippen molar-refractivity contribution in [3.05, 3.63) is 23.7 Å². The molecule has 0 spiro atoms. The monoisotopic (exact) mass is 279 g/mol. The van der Waals surface area contributed by atoms with Crippen molar-refractivity contribution in [2.24, 2.45) is 11.8 Å². The van der Waals surface area contributed by atoms with Crippen LogP contribution >= 0.6 is 0 Å². The molecule has 2 unspecified atom stereocenters. The van der Waals surface area contributed by atoms with Crippen molar-refractivity contribution >= 4 is 5.97 Å². The Hall–Kier alpha value is -1.29. The third kappa shape index (κ3) is 4.37. The number of hydrogen-bond donors (Lipinski definition) is 1. The van der Waals surface area contributed by atoms with E-state index in [0.29, 0.717) is 6.54 Å². The zero-order valence-corrected chi connectivity index (χ0v) is 12.5. The van der Waals surface area contributed by atoms with Crippen LogP contribution in [0, 0.1) is 11.8 Å². The molecule has 0 aliphatic heterocycles. The quantitative estimate of drug-likeness (QED) is 0.640. The van der Waals surface area contributed by atoms with Gasteiger partial charge in [-0.3, -0.25) is 0 Å². The fraction of sp³-hybridized carbons (Fsp3) is 0.688. The van der Waals surface area contributed by atoms with Crippen molar-refractivity contribution in [1.29, 1.82) is 0 Å². The van der Waals surface area contributed by atoms with Gasteiger partial charge in [0.25, 0.3) is 0 Å². The number of furan rings is 1. The SMILES string of the molecule is COC(=O)c1ccc(CNCCC2CCCC(C)C2)o1. The van der Waals surface area contributed by atoms with Crippen LogP contribution in [0.4, 0.5) is 0 Å². The molecule has 0 radical (unpaired) electrons. The first-order valence-electron chi connectivity index (χ1n) is 7.56. The second-order valence-electron chi connectivity index (χ2n) is 5.86. The topological polar surface area (TPSA) is 51.5 Å². The van der Waals surface area contributed by atoms with Crippen LogP contribution in [-0.2, 0) is 11.3 Å². The number of carbonyl (C=O) groups is 1. The Labute approximate surface area is 120 Å². The van der Waals surface area contributed by atoms with Crippen LogP contribution in [0.25, 0.3) is 0 Å². The van der Waals surface area contributed by atoms with E-state index in [1.165, 1.54) is 39.2 Å². The van der Waals surface area contributed by atoms with Gasteiger partial charge in [-0.1, -0.05) is 26.2 Å². The van der Waals surface area contributed by atoms with Gasteiger partial charge in [0, 0.05) is 0 Å². The molecule has 1 N–H and O–H groups in total. The minimum Gasteiger partial charge on any atom is -0.463 e. The molecule has 1 aliphatic rings. The molecule has 1 aromatic heterocycles. The largest absolute Gasteiger partial charge is 0.463 e. The normalized spacial score (nSPS) is 22.7. The molecule has 0 amide bonds. The van der Waals surface area contributed by atoms with Gasteiger partial charge in [-0.15, -0.1) is 0 Å². The molecule has 112 valence electrons. The molecule has 0 aromatic carbocycles. The maximum Gasteiger partial charge on any atom is 0.373 e. The smallest absolute Gasteiger partial charge is 0.373 e. The summed E-state index contributed by atoms with van der Waals surface area (Å²) >= 11 is 0. The lowest BCUT2D eigenvalue weighted by Gasteiger charge is -2.26. The summed E-state index contributed by atoms with van der Waals surface area (Å²) in [5.74, 6) is 2.38. The summed E-state index contributed by atoms with van der Waals surface area (Å²) in [4.78, 5) is 11.3. The maximum absolute atomic E-state index is 11.3. The molecule has 2 atom stereocenters. The number of methoxy groups -OCH3 is 1. The van der Waals surface area contributed by atoms with Gasteiger partial charge in [0.2, 0.25) is 5.76 Å². The molecule has 20 heavy (non-hydrogen) atoms. The summed E-state index contributed by atoms with van der Waals surface area (Å²) in [7, 11) is 1.36. The fourth-order valence-corrected chi connectivity index (χ4v) is 3.02. The summed E-state index contributed by atoms with van der Waals surface area (Å²) in [5, 5.41) is 3.39. The summed E-state index contributed by atoms with van der Waals surface area (Å²) < 4.78 is 10.0. The van der Waals surface area contributed by atoms with Gasteiger partial charge in [-0.25, -0.2) is 4.79 Å². The first kappa shape index (κ1) is 15.1. The van der Waals surface area contributed by atoms with Gasteiger partial charge < -0.3 is 14.5 Å². The lowest BCUT2D eigenvalue weighted by atomic mass is 9.81. The summed E-state index contributed by atoms with van der Waals surface area (Å²) in [6.45, 7) is 4.03. The minimum atomic E-state index is -0.424. The van der Waals surface area contributed by atoms with E-state index < -0.39 is 5.97 Å². The average Bonchev–Trinajstić information content (AvgIpc) is 2.92. The molecule has 1 fully saturated rings. The van der Waals surface area contributed by atoms with Crippen molar-refractivity contribution in [3.8, 4) is 0 Å². The van der Waals surface area contributed by atoms with Crippen molar-refractivity contribution in [3.63, 3.8) is 0 Å². The third-order valence-corrected chi connectivity index (χ3v) is 4.12. The Morgan fingerprint density at radius 2 is 2.30 bits per heavy atom. The highest BCUT2D eigenvalue weighted by Gasteiger charge is 2.18. The maximum atomic E-state index is 11.3. The van der Waals surface area contributed by atoms with Crippen LogP contribution in [0.3, 0.4) is 0 Å². The standard InChI is InChI=1S/C16H25NO3/c1-12-4-3-5-13(10-12)8-9-17-11-14-6-7-15(20-14)16(18)19-2/h6-7,12-13,17H,3-5,8-11H2,1-2H3. The predicted molar refractivity (Wildman–Crippen MR) is 77.5 cm³/mol. The number of ether oxygens (including phenoxy) is 1. The molecule has 2 rings (SSSR count). The van der Waals surface area contributed by atoms with E-state index in [1.807, 2.05) is 6.07 Å². The number of esters is 1. The second kappa shape index (κ2) is 7.48. The van der Waals surface area contributed by atoms with Crippen molar-refractivity contribution in [2.45, 2.75) is 45.6 Å². The number of rotatable bonds is 6. The highest BCUT2D eigenvalue weighted by Crippen LogP contribution is 2.30. The summed E-state index contributed by atoms with van der Waals surface area (Å²) in [6, 6.07) is 3.48. The number of hydrogen-bond acceptors (Lipinski definition) is 4. The molecular formula is C16H25NO3. The Kier molecular flexibility index (Phi) is 5.65. The van der Waals surface area contributed by atoms with Gasteiger partial charge in [0.1, 0.15) is 5.76 Å². The third-order valence-electron chi connectivity index (χ3n) is 4.12. The van der Waals surface area contributed by atoms with E-state index in [1.54, 1.807) is 6.07 Å². The van der Waals surface area contributed by atoms with E-state index in [2.05, 4.69) is 17.0 Å². The van der Waals surface area contributed by atoms with E-state index in [4.69, 9.17) is 4.42 Å². The van der Waals surface area contributed by atoms with Crippen molar-refractivity contribution in [1.82, 2.24) is 5.32 Å². The van der Waals surface area contributed by atoms with Crippen LogP contribution in [0.15, 0.2) is 16.5 Å². The van der Waals surface area contributed by atoms with Crippen LogP contribution in [0.5, 0.6) is 0 Å². The van der Waals surface area contributed by atoms with Gasteiger partial charge in [0.15, 0.2) is 0 Å². The molecule has 4 nitrogen and oxygen atoms in total. The number of nitrogens with one attached hydrogen (secondary N) is 1. The highest BCUT2D eigenvalue weighted by molar-refractivity contribution is 5.86. The molecular weight excluding hydrogens is 254 g/mol. The molecule has 0 saturated heterocycles. The van der Waals surface area contributed by atoms with Gasteiger partial charge in [-0.2, -0.15) is 0 Å². The van der Waals surface area contributed by atoms with Crippen LogP contribution in [0.1, 0.15) is 55.3 Å². The molecule has 0 bridgehead atoms. The van der Waals surface area contributed by atoms with Gasteiger partial charge in [-0.05, 0) is 43.4 Å². The predicted octanol–water partition coefficient (Wildman–Crippen LogP) is 3.37. The highest BCUT2D eigenvalue weighted by atomic mass is 16.5. The fourth-order valence-electron chi connectivity index (χ4n) is 3.02. The van der Waals surface area contributed by atoms with E-state index in [-0.39, 0.29) is 5.76 Å². The average molecular weight is 279 g/mol. The van der Waals surface area contributed by atoms with Crippen LogP contribution in [-0.4, -0.2) is 19.6 Å². The van der Waals surface area contributed by atoms with Crippen LogP contribution in [0.2, 0.25) is 0 Å². The Morgan fingerprint density at radius 1 is 1.45 bits per heavy atom. The lowest BCUT2D eigenvalue weighted by Crippen LogP contribution is -2.20. The first-order valence-corrected chi connectivity index (χ1v) is 7.56. The molecule has 1 aromatic rings. The number of carbonyl (C=O) groups excluding carboxylic acids is 1. The minimum absolute atomic E-state index is 0.269. The molecule has 1 saturated carbocycles. The molecule has 1 aliphatic carbocycles. The van der Waals surface area contributed by atoms with E-state index in [0.717, 1.165) is 24.1 Å². The summed E-state index contributed by atoms with van der Waals surface area (Å²) in [6.07, 6.45) is 6.75. The lowest BCUT2D eigenvalue weighted by molar-refractivity contribution is 0.0563. The molecule has 4 heteroatoms. The van der Waals surface area contributed by atoms with E-state index >= 15 is 0 Å². The zero-order valence-electron chi connectivity index (χ0n) is 12.5. The zero-order chi connectivity index (χ0) is 14.4. The Bertz CT molecular complexity index is 427. The van der Waals surface area contributed by atoms with Crippen molar-refractivity contribution < 1.29 is 13.9 Å². The van der Waals surface area contributed by atoms with Gasteiger partial charge in [0.05, 0.1) is 13.7 Å². The molecule has 1 heterocycles. The Morgan fingerprint density at radius 3 is 3.05 bits per heavy atom.